The van der Waals surface area contributed by atoms with Crippen LogP contribution in [0.5, 0.6) is 0 Å². The Kier molecular flexibility index (Phi) is 8.14. The summed E-state index contributed by atoms with van der Waals surface area (Å²) < 4.78 is 6.54. The summed E-state index contributed by atoms with van der Waals surface area (Å²) in [6.45, 7) is 5.91. The van der Waals surface area contributed by atoms with Crippen molar-refractivity contribution < 1.29 is 14.3 Å². The second kappa shape index (κ2) is 11.7. The van der Waals surface area contributed by atoms with Crippen LogP contribution < -0.4 is 21.1 Å². The first-order chi connectivity index (χ1) is 17.4. The number of urea groups is 1. The molecule has 2 aromatic heterocycles. The van der Waals surface area contributed by atoms with Gasteiger partial charge >= 0.3 is 12.0 Å². The summed E-state index contributed by atoms with van der Waals surface area (Å²) in [6, 6.07) is 11.4. The molecule has 3 aromatic rings. The number of aromatic nitrogens is 3. The van der Waals surface area contributed by atoms with Crippen LogP contribution in [-0.2, 0) is 16.1 Å². The summed E-state index contributed by atoms with van der Waals surface area (Å²) >= 11 is 0. The van der Waals surface area contributed by atoms with Crippen LogP contribution in [0.25, 0.3) is 11.2 Å². The number of pyridine rings is 1. The number of rotatable bonds is 8. The van der Waals surface area contributed by atoms with Crippen molar-refractivity contribution in [3.8, 4) is 0 Å². The number of nitrogens with zero attached hydrogens (tertiary/aromatic N) is 4. The summed E-state index contributed by atoms with van der Waals surface area (Å²) in [7, 11) is 0. The maximum Gasteiger partial charge on any atom is 0.315 e. The number of hydrogen-bond acceptors (Lipinski definition) is 7. The van der Waals surface area contributed by atoms with E-state index >= 15 is 0 Å². The van der Waals surface area contributed by atoms with Gasteiger partial charge < -0.3 is 20.3 Å². The lowest BCUT2D eigenvalue weighted by Gasteiger charge is -2.33. The minimum Gasteiger partial charge on any atom is -0.466 e. The molecular weight excluding hydrogens is 460 g/mol. The van der Waals surface area contributed by atoms with E-state index in [1.807, 2.05) is 48.2 Å². The van der Waals surface area contributed by atoms with Crippen LogP contribution in [0, 0.1) is 6.92 Å². The third kappa shape index (κ3) is 6.18. The van der Waals surface area contributed by atoms with Gasteiger partial charge in [0.1, 0.15) is 5.52 Å². The molecule has 0 atom stereocenters. The minimum absolute atomic E-state index is 0.0271. The number of esters is 1. The highest BCUT2D eigenvalue weighted by Crippen LogP contribution is 2.19. The molecule has 10 heteroatoms. The first kappa shape index (κ1) is 25.2. The lowest BCUT2D eigenvalue weighted by molar-refractivity contribution is -0.142. The smallest absolute Gasteiger partial charge is 0.315 e. The molecule has 190 valence electrons. The van der Waals surface area contributed by atoms with Crippen molar-refractivity contribution in [2.45, 2.75) is 45.7 Å². The lowest BCUT2D eigenvalue weighted by Crippen LogP contribution is -2.49. The molecule has 4 rings (SSSR count). The Morgan fingerprint density at radius 3 is 2.61 bits per heavy atom. The van der Waals surface area contributed by atoms with Gasteiger partial charge in [-0.15, -0.1) is 0 Å². The molecule has 1 saturated heterocycles. The first-order valence-corrected chi connectivity index (χ1v) is 12.3. The quantitative estimate of drug-likeness (QED) is 0.464. The van der Waals surface area contributed by atoms with Crippen molar-refractivity contribution in [3.63, 3.8) is 0 Å². The monoisotopic (exact) mass is 492 g/mol. The van der Waals surface area contributed by atoms with Crippen molar-refractivity contribution in [3.05, 3.63) is 64.1 Å². The van der Waals surface area contributed by atoms with Gasteiger partial charge in [-0.3, -0.25) is 14.2 Å². The molecular formula is C26H32N6O4. The summed E-state index contributed by atoms with van der Waals surface area (Å²) in [6.07, 6.45) is 3.16. The van der Waals surface area contributed by atoms with E-state index in [-0.39, 0.29) is 36.6 Å². The molecule has 0 saturated carbocycles. The van der Waals surface area contributed by atoms with Gasteiger partial charge in [-0.25, -0.2) is 14.8 Å². The van der Waals surface area contributed by atoms with Crippen molar-refractivity contribution in [1.29, 1.82) is 0 Å². The molecule has 0 radical (unpaired) electrons. The van der Waals surface area contributed by atoms with Crippen LogP contribution in [0.15, 0.2) is 47.4 Å². The van der Waals surface area contributed by atoms with E-state index in [4.69, 9.17) is 4.74 Å². The van der Waals surface area contributed by atoms with E-state index in [1.54, 1.807) is 17.7 Å². The number of ether oxygens (including phenoxy) is 1. The highest BCUT2D eigenvalue weighted by molar-refractivity contribution is 5.76. The summed E-state index contributed by atoms with van der Waals surface area (Å²) in [5.41, 5.74) is 3.23. The van der Waals surface area contributed by atoms with Crippen molar-refractivity contribution in [2.24, 2.45) is 0 Å². The Hall–Kier alpha value is -3.95. The number of benzene rings is 1. The fraction of sp³-hybridized carbons (Fsp3) is 0.423. The lowest BCUT2D eigenvalue weighted by atomic mass is 10.1. The number of carbonyl (C=O) groups is 2. The normalized spacial score (nSPS) is 14.0. The fourth-order valence-electron chi connectivity index (χ4n) is 4.27. The second-order valence-corrected chi connectivity index (χ2v) is 8.88. The molecule has 0 unspecified atom stereocenters. The maximum atomic E-state index is 13.5. The molecule has 1 aliphatic heterocycles. The van der Waals surface area contributed by atoms with Crippen molar-refractivity contribution in [2.75, 3.05) is 31.1 Å². The highest BCUT2D eigenvalue weighted by Gasteiger charge is 2.25. The first-order valence-electron chi connectivity index (χ1n) is 12.3. The summed E-state index contributed by atoms with van der Waals surface area (Å²) in [5.74, 6) is 0.0668. The Labute approximate surface area is 209 Å². The van der Waals surface area contributed by atoms with Crippen molar-refractivity contribution in [1.82, 2.24) is 25.2 Å². The van der Waals surface area contributed by atoms with Gasteiger partial charge in [-0.1, -0.05) is 29.8 Å². The predicted octanol–water partition coefficient (Wildman–Crippen LogP) is 2.37. The molecule has 1 aromatic carbocycles. The predicted molar refractivity (Wildman–Crippen MR) is 137 cm³/mol. The van der Waals surface area contributed by atoms with Gasteiger partial charge in [0, 0.05) is 31.9 Å². The fourth-order valence-corrected chi connectivity index (χ4v) is 4.27. The van der Waals surface area contributed by atoms with Crippen LogP contribution >= 0.6 is 0 Å². The zero-order chi connectivity index (χ0) is 25.5. The van der Waals surface area contributed by atoms with Crippen LogP contribution in [0.1, 0.15) is 37.3 Å². The molecule has 1 fully saturated rings. The number of anilines is 1. The maximum absolute atomic E-state index is 13.5. The van der Waals surface area contributed by atoms with Crippen LogP contribution in [-0.4, -0.2) is 58.8 Å². The van der Waals surface area contributed by atoms with Crippen LogP contribution in [0.4, 0.5) is 10.6 Å². The Balaban J connectivity index is 1.42. The van der Waals surface area contributed by atoms with E-state index < -0.39 is 0 Å². The average molecular weight is 493 g/mol. The molecule has 0 spiro atoms. The number of fused-ring (bicyclic) bond motifs is 1. The van der Waals surface area contributed by atoms with Gasteiger partial charge in [-0.05, 0) is 44.4 Å². The van der Waals surface area contributed by atoms with Crippen molar-refractivity contribution >= 4 is 29.0 Å². The van der Waals surface area contributed by atoms with Gasteiger partial charge in [0.2, 0.25) is 0 Å². The molecule has 10 nitrogen and oxygen atoms in total. The number of aryl methyl sites for hydroxylation is 1. The molecule has 2 N–H and O–H groups in total. The van der Waals surface area contributed by atoms with Gasteiger partial charge in [-0.2, -0.15) is 0 Å². The zero-order valence-corrected chi connectivity index (χ0v) is 20.7. The van der Waals surface area contributed by atoms with Gasteiger partial charge in [0.15, 0.2) is 11.5 Å². The van der Waals surface area contributed by atoms with Crippen LogP contribution in [0.3, 0.4) is 0 Å². The van der Waals surface area contributed by atoms with Gasteiger partial charge in [0.05, 0.1) is 19.6 Å². The number of hydrogen-bond donors (Lipinski definition) is 2. The third-order valence-corrected chi connectivity index (χ3v) is 6.20. The van der Waals surface area contributed by atoms with E-state index in [2.05, 4.69) is 20.6 Å². The minimum atomic E-state index is -0.336. The largest absolute Gasteiger partial charge is 0.466 e. The summed E-state index contributed by atoms with van der Waals surface area (Å²) in [4.78, 5) is 48.2. The average Bonchev–Trinajstić information content (AvgIpc) is 2.87. The Bertz CT molecular complexity index is 1270. The van der Waals surface area contributed by atoms with Gasteiger partial charge in [0.25, 0.3) is 5.56 Å². The Morgan fingerprint density at radius 2 is 1.89 bits per heavy atom. The number of amides is 2. The zero-order valence-electron chi connectivity index (χ0n) is 20.7. The number of carbonyl (C=O) groups excluding carboxylic acids is 2. The molecule has 36 heavy (non-hydrogen) atoms. The standard InChI is InChI=1S/C26H32N6O4/c1-3-36-22(33)10-14-28-26(35)29-20-11-15-31(16-12-20)24-25(34)32(17-19-8-6-18(2)7-9-19)23-21(30-24)5-4-13-27-23/h4-9,13,20H,3,10-12,14-17H2,1-2H3,(H2,28,29,35). The van der Waals surface area contributed by atoms with Crippen LogP contribution in [0.2, 0.25) is 0 Å². The molecule has 1 aliphatic rings. The second-order valence-electron chi connectivity index (χ2n) is 8.88. The summed E-state index contributed by atoms with van der Waals surface area (Å²) in [5, 5.41) is 5.64. The molecule has 0 aliphatic carbocycles. The number of nitrogens with one attached hydrogen (secondary N) is 2. The molecule has 0 bridgehead atoms. The topological polar surface area (TPSA) is 118 Å². The van der Waals surface area contributed by atoms with E-state index in [0.29, 0.717) is 56.1 Å². The van der Waals surface area contributed by atoms with E-state index in [0.717, 1.165) is 11.1 Å². The van der Waals surface area contributed by atoms with E-state index in [1.165, 1.54) is 0 Å². The third-order valence-electron chi connectivity index (χ3n) is 6.20. The number of piperidine rings is 1. The molecule has 2 amide bonds. The Morgan fingerprint density at radius 1 is 1.14 bits per heavy atom. The highest BCUT2D eigenvalue weighted by atomic mass is 16.5. The SMILES string of the molecule is CCOC(=O)CCNC(=O)NC1CCN(c2nc3cccnc3n(Cc3ccc(C)cc3)c2=O)CC1. The van der Waals surface area contributed by atoms with E-state index in [9.17, 15) is 14.4 Å². The molecule has 3 heterocycles.